The van der Waals surface area contributed by atoms with Gasteiger partial charge in [-0.05, 0) is 96.3 Å². The zero-order chi connectivity index (χ0) is 57.1. The van der Waals surface area contributed by atoms with Crippen molar-refractivity contribution in [1.29, 1.82) is 0 Å². The molecule has 1 unspecified atom stereocenters. The fourth-order valence-electron chi connectivity index (χ4n) is 9.55. The van der Waals surface area contributed by atoms with E-state index in [2.05, 4.69) is 118 Å². The van der Waals surface area contributed by atoms with Crippen molar-refractivity contribution in [2.45, 2.75) is 335 Å². The Hall–Kier alpha value is -3.67. The Kier molecular flexibility index (Phi) is 63.7. The maximum absolute atomic E-state index is 12.9. The molecular weight excluding hydrogens is 973 g/mol. The average Bonchev–Trinajstić information content (AvgIpc) is 3.45. The lowest BCUT2D eigenvalue weighted by Crippen LogP contribution is -2.30. The first-order chi connectivity index (χ1) is 39.0. The van der Waals surface area contributed by atoms with E-state index >= 15 is 0 Å². The molecule has 0 saturated heterocycles. The van der Waals surface area contributed by atoms with E-state index in [1.54, 1.807) is 0 Å². The molecule has 0 aromatic heterocycles. The quantitative estimate of drug-likeness (QED) is 0.0261. The smallest absolute Gasteiger partial charge is 0.306 e. The number of carbonyl (C=O) groups excluding carboxylic acids is 3. The topological polar surface area (TPSA) is 78.9 Å². The van der Waals surface area contributed by atoms with E-state index in [0.717, 1.165) is 96.3 Å². The van der Waals surface area contributed by atoms with Gasteiger partial charge in [-0.25, -0.2) is 0 Å². The fourth-order valence-corrected chi connectivity index (χ4v) is 9.55. The molecule has 0 aliphatic carbocycles. The molecule has 6 heteroatoms. The lowest BCUT2D eigenvalue weighted by atomic mass is 10.0. The van der Waals surface area contributed by atoms with Crippen LogP contribution >= 0.6 is 0 Å². The number of ether oxygens (including phenoxy) is 3. The van der Waals surface area contributed by atoms with Crippen LogP contribution in [-0.2, 0) is 28.6 Å². The minimum absolute atomic E-state index is 0.0976. The first-order valence-electron chi connectivity index (χ1n) is 33.7. The second-order valence-electron chi connectivity index (χ2n) is 22.4. The Morgan fingerprint density at radius 3 is 0.835 bits per heavy atom. The van der Waals surface area contributed by atoms with Gasteiger partial charge < -0.3 is 14.2 Å². The van der Waals surface area contributed by atoms with Crippen LogP contribution in [0.15, 0.2) is 97.2 Å². The average molecular weight is 1100 g/mol. The van der Waals surface area contributed by atoms with Gasteiger partial charge in [0.2, 0.25) is 0 Å². The van der Waals surface area contributed by atoms with E-state index in [9.17, 15) is 14.4 Å². The molecule has 0 aliphatic heterocycles. The third-order valence-electron chi connectivity index (χ3n) is 14.6. The Morgan fingerprint density at radius 2 is 0.506 bits per heavy atom. The van der Waals surface area contributed by atoms with Crippen molar-refractivity contribution in [2.75, 3.05) is 13.2 Å². The Morgan fingerprint density at radius 1 is 0.266 bits per heavy atom. The summed E-state index contributed by atoms with van der Waals surface area (Å²) in [6.45, 7) is 6.51. The van der Waals surface area contributed by atoms with Crippen LogP contribution in [0.2, 0.25) is 0 Å². The molecule has 0 bridgehead atoms. The summed E-state index contributed by atoms with van der Waals surface area (Å²) in [6.07, 6.45) is 90.0. The van der Waals surface area contributed by atoms with Crippen LogP contribution in [-0.4, -0.2) is 37.2 Å². The second kappa shape index (κ2) is 66.8. The first-order valence-corrected chi connectivity index (χ1v) is 33.7. The van der Waals surface area contributed by atoms with Crippen molar-refractivity contribution in [3.8, 4) is 0 Å². The van der Waals surface area contributed by atoms with Gasteiger partial charge in [-0.15, -0.1) is 0 Å². The van der Waals surface area contributed by atoms with Gasteiger partial charge in [0, 0.05) is 19.3 Å². The molecule has 6 nitrogen and oxygen atoms in total. The molecule has 0 amide bonds. The minimum atomic E-state index is -0.805. The van der Waals surface area contributed by atoms with E-state index in [1.165, 1.54) is 186 Å². The monoisotopic (exact) mass is 1100 g/mol. The van der Waals surface area contributed by atoms with Gasteiger partial charge >= 0.3 is 17.9 Å². The number of hydrogen-bond acceptors (Lipinski definition) is 6. The molecular formula is C73H126O6. The summed E-state index contributed by atoms with van der Waals surface area (Å²) in [5.41, 5.74) is 0. The van der Waals surface area contributed by atoms with Crippen LogP contribution in [0.5, 0.6) is 0 Å². The molecule has 1 atom stereocenters. The molecule has 0 rings (SSSR count). The van der Waals surface area contributed by atoms with Gasteiger partial charge in [0.25, 0.3) is 0 Å². The highest BCUT2D eigenvalue weighted by Crippen LogP contribution is 2.17. The Balaban J connectivity index is 4.43. The SMILES string of the molecule is CC/C=C\C/C=C\C/C=C\C/C=C\C/C=C\C/C=C\C/C=C\CCCC(=O)OCC(COC(=O)CCCCCCC/C=C\CCCCCCCC)OC(=O)CCCCCCCCCCCCCCCCCCCCCCCCC. The zero-order valence-electron chi connectivity index (χ0n) is 52.1. The number of rotatable bonds is 61. The number of allylic oxidation sites excluding steroid dienone is 16. The molecule has 0 spiro atoms. The van der Waals surface area contributed by atoms with Crippen molar-refractivity contribution in [1.82, 2.24) is 0 Å². The standard InChI is InChI=1S/C73H126O6/c1-4-7-10-13-16-19-22-25-28-30-32-34-36-38-40-42-45-48-51-54-57-60-63-66-72(75)78-69-70(68-77-71(74)65-62-59-56-53-50-47-44-27-24-21-18-15-12-9-6-3)79-73(76)67-64-61-58-55-52-49-46-43-41-39-37-35-33-31-29-26-23-20-17-14-11-8-5-2/h7,10,16,19,25,27-28,32,34,38,40,44-45,48,54,57,70H,4-6,8-9,11-15,17-18,20-24,26,29-31,33,35-37,39,41-43,46-47,49-53,55-56,58-69H2,1-3H3/b10-7-,19-16-,28-25-,34-32-,40-38-,44-27-,48-45-,57-54-. The molecule has 0 aromatic rings. The maximum atomic E-state index is 12.9. The van der Waals surface area contributed by atoms with Crippen LogP contribution in [0.3, 0.4) is 0 Å². The maximum Gasteiger partial charge on any atom is 0.306 e. The number of unbranched alkanes of at least 4 members (excludes halogenated alkanes) is 34. The van der Waals surface area contributed by atoms with Gasteiger partial charge in [-0.1, -0.05) is 311 Å². The highest BCUT2D eigenvalue weighted by atomic mass is 16.6. The third kappa shape index (κ3) is 65.0. The van der Waals surface area contributed by atoms with Crippen LogP contribution in [0.1, 0.15) is 329 Å². The van der Waals surface area contributed by atoms with Crippen LogP contribution in [0, 0.1) is 0 Å². The highest BCUT2D eigenvalue weighted by Gasteiger charge is 2.19. The van der Waals surface area contributed by atoms with Crippen LogP contribution in [0.4, 0.5) is 0 Å². The van der Waals surface area contributed by atoms with E-state index in [0.29, 0.717) is 19.3 Å². The van der Waals surface area contributed by atoms with E-state index in [-0.39, 0.29) is 37.5 Å². The molecule has 79 heavy (non-hydrogen) atoms. The molecule has 0 aromatic carbocycles. The molecule has 0 radical (unpaired) electrons. The number of hydrogen-bond donors (Lipinski definition) is 0. The van der Waals surface area contributed by atoms with E-state index < -0.39 is 6.10 Å². The normalized spacial score (nSPS) is 12.7. The van der Waals surface area contributed by atoms with Gasteiger partial charge in [-0.3, -0.25) is 14.4 Å². The summed E-state index contributed by atoms with van der Waals surface area (Å²) < 4.78 is 16.9. The zero-order valence-corrected chi connectivity index (χ0v) is 52.1. The second-order valence-corrected chi connectivity index (χ2v) is 22.4. The molecule has 0 saturated carbocycles. The van der Waals surface area contributed by atoms with Gasteiger partial charge in [-0.2, -0.15) is 0 Å². The van der Waals surface area contributed by atoms with Gasteiger partial charge in [0.15, 0.2) is 6.10 Å². The largest absolute Gasteiger partial charge is 0.462 e. The Bertz CT molecular complexity index is 1540. The van der Waals surface area contributed by atoms with Gasteiger partial charge in [0.1, 0.15) is 13.2 Å². The number of esters is 3. The molecule has 454 valence electrons. The highest BCUT2D eigenvalue weighted by molar-refractivity contribution is 5.71. The van der Waals surface area contributed by atoms with E-state index in [4.69, 9.17) is 14.2 Å². The molecule has 0 N–H and O–H groups in total. The number of carbonyl (C=O) groups is 3. The summed E-state index contributed by atoms with van der Waals surface area (Å²) in [5, 5.41) is 0. The van der Waals surface area contributed by atoms with Crippen LogP contribution in [0.25, 0.3) is 0 Å². The summed E-state index contributed by atoms with van der Waals surface area (Å²) in [7, 11) is 0. The van der Waals surface area contributed by atoms with Gasteiger partial charge in [0.05, 0.1) is 0 Å². The van der Waals surface area contributed by atoms with Crippen molar-refractivity contribution >= 4 is 17.9 Å². The molecule has 0 fully saturated rings. The first kappa shape index (κ1) is 75.3. The summed E-state index contributed by atoms with van der Waals surface area (Å²) in [5.74, 6) is -0.952. The van der Waals surface area contributed by atoms with E-state index in [1.807, 2.05) is 0 Å². The molecule has 0 heterocycles. The van der Waals surface area contributed by atoms with Crippen molar-refractivity contribution in [3.63, 3.8) is 0 Å². The summed E-state index contributed by atoms with van der Waals surface area (Å²) >= 11 is 0. The summed E-state index contributed by atoms with van der Waals surface area (Å²) in [6, 6.07) is 0. The summed E-state index contributed by atoms with van der Waals surface area (Å²) in [4.78, 5) is 38.4. The molecule has 0 aliphatic rings. The fraction of sp³-hybridized carbons (Fsp3) is 0.740. The lowest BCUT2D eigenvalue weighted by Gasteiger charge is -2.18. The predicted octanol–water partition coefficient (Wildman–Crippen LogP) is 23.2. The van der Waals surface area contributed by atoms with Crippen molar-refractivity contribution in [2.24, 2.45) is 0 Å². The van der Waals surface area contributed by atoms with Crippen LogP contribution < -0.4 is 0 Å². The third-order valence-corrected chi connectivity index (χ3v) is 14.6. The van der Waals surface area contributed by atoms with Crippen molar-refractivity contribution in [3.05, 3.63) is 97.2 Å². The Labute approximate surface area is 489 Å². The minimum Gasteiger partial charge on any atom is -0.462 e. The van der Waals surface area contributed by atoms with Crippen molar-refractivity contribution < 1.29 is 28.6 Å². The predicted molar refractivity (Wildman–Crippen MR) is 344 cm³/mol. The lowest BCUT2D eigenvalue weighted by molar-refractivity contribution is -0.167.